The highest BCUT2D eigenvalue weighted by atomic mass is 35.5. The number of nitrogens with zero attached hydrogens (tertiary/aromatic N) is 4. The highest BCUT2D eigenvalue weighted by Crippen LogP contribution is 2.34. The topological polar surface area (TPSA) is 71.8 Å². The smallest absolute Gasteiger partial charge is 0.258 e. The number of aromatic nitrogens is 3. The monoisotopic (exact) mass is 483 g/mol. The van der Waals surface area contributed by atoms with Crippen LogP contribution in [0.15, 0.2) is 18.2 Å². The molecule has 2 saturated heterocycles. The van der Waals surface area contributed by atoms with Crippen molar-refractivity contribution in [3.05, 3.63) is 57.2 Å². The standard InChI is InChI=1S/C25H27ClFN5O2/c1-13-23(26)14(2)32-24(28-13)20-11-31(12-21(20)30-32)25(33)19-7-6-15(27)8-22(19)34-18-9-16-4-3-5-17(10-18)29-16/h6-8,16-18,29H,3-5,9-12H2,1-2H3/t16-,17+,18+. The molecular weight excluding hydrogens is 457 g/mol. The van der Waals surface area contributed by atoms with Gasteiger partial charge in [-0.05, 0) is 51.7 Å². The van der Waals surface area contributed by atoms with Crippen LogP contribution in [0.4, 0.5) is 4.39 Å². The fourth-order valence-corrected chi connectivity index (χ4v) is 5.81. The quantitative estimate of drug-likeness (QED) is 0.599. The number of carbonyl (C=O) groups excluding carboxylic acids is 1. The highest BCUT2D eigenvalue weighted by molar-refractivity contribution is 6.31. The third-order valence-electron chi connectivity index (χ3n) is 7.38. The van der Waals surface area contributed by atoms with Gasteiger partial charge in [0.1, 0.15) is 17.7 Å². The van der Waals surface area contributed by atoms with Gasteiger partial charge in [0.25, 0.3) is 5.91 Å². The van der Waals surface area contributed by atoms with Crippen LogP contribution in [-0.4, -0.2) is 43.6 Å². The van der Waals surface area contributed by atoms with Gasteiger partial charge in [-0.15, -0.1) is 0 Å². The Morgan fingerprint density at radius 1 is 1.21 bits per heavy atom. The number of hydrogen-bond acceptors (Lipinski definition) is 5. The molecule has 3 aromatic rings. The van der Waals surface area contributed by atoms with Gasteiger partial charge in [0.05, 0.1) is 40.8 Å². The van der Waals surface area contributed by atoms with E-state index >= 15 is 0 Å². The number of fused-ring (bicyclic) bond motifs is 5. The van der Waals surface area contributed by atoms with Gasteiger partial charge in [-0.1, -0.05) is 18.0 Å². The first-order valence-corrected chi connectivity index (χ1v) is 12.3. The summed E-state index contributed by atoms with van der Waals surface area (Å²) in [5, 5.41) is 8.90. The molecule has 2 aromatic heterocycles. The van der Waals surface area contributed by atoms with Crippen LogP contribution >= 0.6 is 11.6 Å². The van der Waals surface area contributed by atoms with Crippen LogP contribution in [0.1, 0.15) is 65.1 Å². The van der Waals surface area contributed by atoms with Gasteiger partial charge in [-0.25, -0.2) is 13.9 Å². The summed E-state index contributed by atoms with van der Waals surface area (Å²) >= 11 is 6.34. The van der Waals surface area contributed by atoms with Gasteiger partial charge < -0.3 is 15.0 Å². The molecule has 34 heavy (non-hydrogen) atoms. The van der Waals surface area contributed by atoms with E-state index in [0.29, 0.717) is 41.5 Å². The van der Waals surface area contributed by atoms with Gasteiger partial charge in [0.15, 0.2) is 5.65 Å². The second-order valence-corrected chi connectivity index (χ2v) is 10.1. The first-order valence-electron chi connectivity index (χ1n) is 11.9. The molecule has 2 fully saturated rings. The van der Waals surface area contributed by atoms with Gasteiger partial charge in [-0.2, -0.15) is 5.10 Å². The van der Waals surface area contributed by atoms with Crippen molar-refractivity contribution in [1.29, 1.82) is 0 Å². The van der Waals surface area contributed by atoms with E-state index in [4.69, 9.17) is 16.3 Å². The minimum atomic E-state index is -0.407. The van der Waals surface area contributed by atoms with Crippen LogP contribution in [0.5, 0.6) is 5.75 Å². The summed E-state index contributed by atoms with van der Waals surface area (Å²) in [6.45, 7) is 4.53. The lowest BCUT2D eigenvalue weighted by atomic mass is 9.85. The fourth-order valence-electron chi connectivity index (χ4n) is 5.69. The maximum atomic E-state index is 14.2. The summed E-state index contributed by atoms with van der Waals surface area (Å²) in [5.74, 6) is -0.275. The van der Waals surface area contributed by atoms with Crippen molar-refractivity contribution >= 4 is 23.2 Å². The van der Waals surface area contributed by atoms with E-state index < -0.39 is 5.82 Å². The number of nitrogens with one attached hydrogen (secondary N) is 1. The number of ether oxygens (including phenoxy) is 1. The number of rotatable bonds is 3. The van der Waals surface area contributed by atoms with Crippen LogP contribution in [-0.2, 0) is 13.1 Å². The molecule has 6 rings (SSSR count). The summed E-state index contributed by atoms with van der Waals surface area (Å²) in [6.07, 6.45) is 5.23. The van der Waals surface area contributed by atoms with Crippen molar-refractivity contribution in [2.75, 3.05) is 0 Å². The van der Waals surface area contributed by atoms with Gasteiger partial charge in [0.2, 0.25) is 0 Å². The second kappa shape index (κ2) is 8.20. The molecule has 7 nitrogen and oxygen atoms in total. The first kappa shape index (κ1) is 21.8. The van der Waals surface area contributed by atoms with Crippen LogP contribution in [0.25, 0.3) is 5.65 Å². The Kier molecular flexibility index (Phi) is 5.26. The molecule has 178 valence electrons. The molecule has 1 amide bonds. The first-order chi connectivity index (χ1) is 16.4. The predicted molar refractivity (Wildman–Crippen MR) is 126 cm³/mol. The largest absolute Gasteiger partial charge is 0.489 e. The van der Waals surface area contributed by atoms with Crippen molar-refractivity contribution in [3.63, 3.8) is 0 Å². The SMILES string of the molecule is Cc1nc2c3c(nn2c(C)c1Cl)CN(C(=O)c1ccc(F)cc1O[C@H]1C[C@H]2CCC[C@@H](C1)N2)C3. The van der Waals surface area contributed by atoms with Crippen LogP contribution in [0.3, 0.4) is 0 Å². The van der Waals surface area contributed by atoms with E-state index in [-0.39, 0.29) is 12.0 Å². The minimum absolute atomic E-state index is 0.0233. The number of amides is 1. The molecule has 5 heterocycles. The molecule has 2 bridgehead atoms. The van der Waals surface area contributed by atoms with E-state index in [1.807, 2.05) is 13.8 Å². The Balaban J connectivity index is 1.26. The molecule has 1 aromatic carbocycles. The van der Waals surface area contributed by atoms with Crippen LogP contribution in [0.2, 0.25) is 5.02 Å². The Labute approximate surface area is 202 Å². The predicted octanol–water partition coefficient (Wildman–Crippen LogP) is 4.35. The minimum Gasteiger partial charge on any atom is -0.489 e. The highest BCUT2D eigenvalue weighted by Gasteiger charge is 2.35. The molecule has 3 aliphatic rings. The van der Waals surface area contributed by atoms with Gasteiger partial charge in [0, 0.05) is 23.7 Å². The molecule has 1 N–H and O–H groups in total. The van der Waals surface area contributed by atoms with Crippen molar-refractivity contribution in [2.45, 2.75) is 77.2 Å². The average Bonchev–Trinajstić information content (AvgIpc) is 3.36. The van der Waals surface area contributed by atoms with E-state index in [2.05, 4.69) is 15.4 Å². The average molecular weight is 484 g/mol. The maximum Gasteiger partial charge on any atom is 0.258 e. The normalized spacial score (nSPS) is 23.9. The summed E-state index contributed by atoms with van der Waals surface area (Å²) in [4.78, 5) is 19.9. The number of halogens is 2. The van der Waals surface area contributed by atoms with Crippen molar-refractivity contribution in [3.8, 4) is 5.75 Å². The van der Waals surface area contributed by atoms with Crippen molar-refractivity contribution in [2.24, 2.45) is 0 Å². The maximum absolute atomic E-state index is 14.2. The van der Waals surface area contributed by atoms with Crippen molar-refractivity contribution in [1.82, 2.24) is 24.8 Å². The van der Waals surface area contributed by atoms with E-state index in [1.165, 1.54) is 24.6 Å². The van der Waals surface area contributed by atoms with Crippen LogP contribution < -0.4 is 10.1 Å². The summed E-state index contributed by atoms with van der Waals surface area (Å²) in [7, 11) is 0. The summed E-state index contributed by atoms with van der Waals surface area (Å²) < 4.78 is 22.2. The molecule has 9 heteroatoms. The number of hydrogen-bond donors (Lipinski definition) is 1. The molecular formula is C25H27ClFN5O2. The molecule has 0 radical (unpaired) electrons. The molecule has 3 aliphatic heterocycles. The van der Waals surface area contributed by atoms with E-state index in [9.17, 15) is 9.18 Å². The zero-order valence-electron chi connectivity index (χ0n) is 19.3. The number of carbonyl (C=O) groups is 1. The molecule has 3 atom stereocenters. The molecule has 0 spiro atoms. The molecule has 0 saturated carbocycles. The third-order valence-corrected chi connectivity index (χ3v) is 7.93. The van der Waals surface area contributed by atoms with E-state index in [0.717, 1.165) is 54.0 Å². The third kappa shape index (κ3) is 3.64. The van der Waals surface area contributed by atoms with Gasteiger partial charge in [-0.3, -0.25) is 4.79 Å². The van der Waals surface area contributed by atoms with Crippen molar-refractivity contribution < 1.29 is 13.9 Å². The van der Waals surface area contributed by atoms with Gasteiger partial charge >= 0.3 is 0 Å². The lowest BCUT2D eigenvalue weighted by Gasteiger charge is -2.40. The Bertz CT molecular complexity index is 1300. The summed E-state index contributed by atoms with van der Waals surface area (Å²) in [5.41, 5.74) is 4.41. The zero-order chi connectivity index (χ0) is 23.6. The Morgan fingerprint density at radius 3 is 2.74 bits per heavy atom. The number of piperidine rings is 2. The Hall–Kier alpha value is -2.71. The summed E-state index contributed by atoms with van der Waals surface area (Å²) in [6, 6.07) is 5.06. The zero-order valence-corrected chi connectivity index (χ0v) is 20.0. The molecule has 0 aliphatic carbocycles. The van der Waals surface area contributed by atoms with Crippen LogP contribution in [0, 0.1) is 19.7 Å². The van der Waals surface area contributed by atoms with E-state index in [1.54, 1.807) is 9.42 Å². The number of aryl methyl sites for hydroxylation is 2. The molecule has 0 unspecified atom stereocenters. The Morgan fingerprint density at radius 2 is 1.97 bits per heavy atom. The lowest BCUT2D eigenvalue weighted by Crippen LogP contribution is -2.51. The second-order valence-electron chi connectivity index (χ2n) is 9.76. The number of benzene rings is 1. The lowest BCUT2D eigenvalue weighted by molar-refractivity contribution is 0.0720. The fraction of sp³-hybridized carbons (Fsp3) is 0.480.